The second kappa shape index (κ2) is 3.57. The highest BCUT2D eigenvalue weighted by Crippen LogP contribution is 2.06. The molecule has 0 bridgehead atoms. The van der Waals surface area contributed by atoms with Crippen molar-refractivity contribution in [3.63, 3.8) is 0 Å². The summed E-state index contributed by atoms with van der Waals surface area (Å²) in [6.45, 7) is 2.28. The Balaban J connectivity index is 2.47. The highest BCUT2D eigenvalue weighted by molar-refractivity contribution is 5.83. The number of hydrogen-bond donors (Lipinski definition) is 2. The Bertz CT molecular complexity index is 278. The Labute approximate surface area is 76.7 Å². The number of amides is 1. The van der Waals surface area contributed by atoms with Gasteiger partial charge in [-0.1, -0.05) is 0 Å². The van der Waals surface area contributed by atoms with Gasteiger partial charge in [0.25, 0.3) is 0 Å². The van der Waals surface area contributed by atoms with Crippen molar-refractivity contribution in [2.75, 3.05) is 0 Å². The molecule has 0 spiro atoms. The van der Waals surface area contributed by atoms with Crippen molar-refractivity contribution < 1.29 is 4.79 Å². The molecule has 0 fully saturated rings. The Morgan fingerprint density at radius 3 is 2.85 bits per heavy atom. The summed E-state index contributed by atoms with van der Waals surface area (Å²) in [6, 6.07) is 0. The van der Waals surface area contributed by atoms with Gasteiger partial charge in [0.2, 0.25) is 5.91 Å². The van der Waals surface area contributed by atoms with Crippen molar-refractivity contribution in [1.82, 2.24) is 9.55 Å². The number of nitrogens with zero attached hydrogens (tertiary/aromatic N) is 2. The van der Waals surface area contributed by atoms with E-state index in [9.17, 15) is 4.79 Å². The summed E-state index contributed by atoms with van der Waals surface area (Å²) in [7, 11) is 0. The van der Waals surface area contributed by atoms with Crippen molar-refractivity contribution in [3.05, 3.63) is 18.7 Å². The lowest BCUT2D eigenvalue weighted by molar-refractivity contribution is -0.122. The second-order valence-corrected chi connectivity index (χ2v) is 3.33. The maximum absolute atomic E-state index is 10.9. The van der Waals surface area contributed by atoms with E-state index in [0.29, 0.717) is 13.0 Å². The maximum Gasteiger partial charge on any atom is 0.237 e. The molecule has 5 nitrogen and oxygen atoms in total. The third-order valence-electron chi connectivity index (χ3n) is 2.01. The van der Waals surface area contributed by atoms with E-state index in [1.165, 1.54) is 0 Å². The van der Waals surface area contributed by atoms with E-state index in [1.54, 1.807) is 19.4 Å². The van der Waals surface area contributed by atoms with E-state index < -0.39 is 11.4 Å². The van der Waals surface area contributed by atoms with Crippen LogP contribution < -0.4 is 11.5 Å². The van der Waals surface area contributed by atoms with Gasteiger partial charge in [-0.25, -0.2) is 4.98 Å². The van der Waals surface area contributed by atoms with Crippen LogP contribution in [0.25, 0.3) is 0 Å². The van der Waals surface area contributed by atoms with Crippen LogP contribution in [0.4, 0.5) is 0 Å². The minimum absolute atomic E-state index is 0.479. The Hall–Kier alpha value is -1.36. The molecule has 0 saturated carbocycles. The van der Waals surface area contributed by atoms with Gasteiger partial charge < -0.3 is 16.0 Å². The summed E-state index contributed by atoms with van der Waals surface area (Å²) in [6.07, 6.45) is 5.69. The number of rotatable bonds is 4. The van der Waals surface area contributed by atoms with Gasteiger partial charge in [-0.05, 0) is 13.3 Å². The van der Waals surface area contributed by atoms with Crippen LogP contribution in [0.5, 0.6) is 0 Å². The highest BCUT2D eigenvalue weighted by Gasteiger charge is 2.24. The molecule has 0 aliphatic heterocycles. The van der Waals surface area contributed by atoms with E-state index in [-0.39, 0.29) is 0 Å². The quantitative estimate of drug-likeness (QED) is 0.656. The van der Waals surface area contributed by atoms with Crippen LogP contribution in [0.15, 0.2) is 18.7 Å². The molecule has 1 aromatic heterocycles. The van der Waals surface area contributed by atoms with Gasteiger partial charge in [0.05, 0.1) is 11.9 Å². The fourth-order valence-corrected chi connectivity index (χ4v) is 0.904. The van der Waals surface area contributed by atoms with Crippen LogP contribution in [0.2, 0.25) is 0 Å². The number of imidazole rings is 1. The number of aromatic nitrogens is 2. The fraction of sp³-hybridized carbons (Fsp3) is 0.500. The van der Waals surface area contributed by atoms with Gasteiger partial charge in [-0.15, -0.1) is 0 Å². The summed E-state index contributed by atoms with van der Waals surface area (Å²) in [5.74, 6) is -0.479. The average Bonchev–Trinajstić information content (AvgIpc) is 2.52. The zero-order chi connectivity index (χ0) is 9.90. The molecule has 72 valence electrons. The van der Waals surface area contributed by atoms with Crippen molar-refractivity contribution in [1.29, 1.82) is 0 Å². The normalized spacial score (nSPS) is 15.2. The van der Waals surface area contributed by atoms with Crippen LogP contribution >= 0.6 is 0 Å². The maximum atomic E-state index is 10.9. The topological polar surface area (TPSA) is 86.9 Å². The van der Waals surface area contributed by atoms with Gasteiger partial charge in [-0.3, -0.25) is 4.79 Å². The van der Waals surface area contributed by atoms with E-state index in [1.807, 2.05) is 10.8 Å². The number of primary amides is 1. The Kier molecular flexibility index (Phi) is 2.67. The van der Waals surface area contributed by atoms with Crippen molar-refractivity contribution in [3.8, 4) is 0 Å². The average molecular weight is 182 g/mol. The molecule has 0 radical (unpaired) electrons. The summed E-state index contributed by atoms with van der Waals surface area (Å²) < 4.78 is 1.86. The molecule has 0 saturated heterocycles. The first-order valence-corrected chi connectivity index (χ1v) is 4.07. The predicted molar refractivity (Wildman–Crippen MR) is 48.6 cm³/mol. The lowest BCUT2D eigenvalue weighted by atomic mass is 9.99. The van der Waals surface area contributed by atoms with Gasteiger partial charge in [0.15, 0.2) is 0 Å². The first kappa shape index (κ1) is 9.73. The zero-order valence-corrected chi connectivity index (χ0v) is 7.60. The monoisotopic (exact) mass is 182 g/mol. The smallest absolute Gasteiger partial charge is 0.237 e. The first-order valence-electron chi connectivity index (χ1n) is 4.07. The molecule has 0 aliphatic rings. The minimum Gasteiger partial charge on any atom is -0.368 e. The third kappa shape index (κ3) is 2.55. The summed E-state index contributed by atoms with van der Waals surface area (Å²) in [5.41, 5.74) is 9.85. The van der Waals surface area contributed by atoms with Crippen molar-refractivity contribution in [2.24, 2.45) is 11.5 Å². The van der Waals surface area contributed by atoms with E-state index >= 15 is 0 Å². The molecule has 13 heavy (non-hydrogen) atoms. The number of aryl methyl sites for hydroxylation is 1. The molecule has 1 atom stereocenters. The molecular weight excluding hydrogens is 168 g/mol. The summed E-state index contributed by atoms with van der Waals surface area (Å²) in [4.78, 5) is 14.7. The van der Waals surface area contributed by atoms with E-state index in [2.05, 4.69) is 4.98 Å². The lowest BCUT2D eigenvalue weighted by Gasteiger charge is -2.20. The minimum atomic E-state index is -0.940. The predicted octanol–water partition coefficient (Wildman–Crippen LogP) is -0.524. The van der Waals surface area contributed by atoms with Crippen LogP contribution in [0.3, 0.4) is 0 Å². The second-order valence-electron chi connectivity index (χ2n) is 3.33. The Morgan fingerprint density at radius 2 is 2.38 bits per heavy atom. The summed E-state index contributed by atoms with van der Waals surface area (Å²) >= 11 is 0. The van der Waals surface area contributed by atoms with Gasteiger partial charge in [0, 0.05) is 18.9 Å². The standard InChI is InChI=1S/C8H14N4O/c1-8(10,7(9)13)2-4-12-5-3-11-6-12/h3,5-6H,2,4,10H2,1H3,(H2,9,13). The molecule has 0 aromatic carbocycles. The number of nitrogens with two attached hydrogens (primary N) is 2. The highest BCUT2D eigenvalue weighted by atomic mass is 16.1. The number of carbonyl (C=O) groups is 1. The fourth-order valence-electron chi connectivity index (χ4n) is 0.904. The van der Waals surface area contributed by atoms with Crippen LogP contribution in [0.1, 0.15) is 13.3 Å². The number of hydrogen-bond acceptors (Lipinski definition) is 3. The Morgan fingerprint density at radius 1 is 1.69 bits per heavy atom. The molecule has 5 heteroatoms. The van der Waals surface area contributed by atoms with Crippen LogP contribution in [-0.2, 0) is 11.3 Å². The SMILES string of the molecule is CC(N)(CCn1ccnc1)C(N)=O. The van der Waals surface area contributed by atoms with Crippen LogP contribution in [0, 0.1) is 0 Å². The molecule has 1 unspecified atom stereocenters. The molecule has 1 amide bonds. The third-order valence-corrected chi connectivity index (χ3v) is 2.01. The van der Waals surface area contributed by atoms with E-state index in [0.717, 1.165) is 0 Å². The van der Waals surface area contributed by atoms with Gasteiger partial charge in [0.1, 0.15) is 0 Å². The van der Waals surface area contributed by atoms with Crippen molar-refractivity contribution >= 4 is 5.91 Å². The van der Waals surface area contributed by atoms with E-state index in [4.69, 9.17) is 11.5 Å². The van der Waals surface area contributed by atoms with Crippen LogP contribution in [-0.4, -0.2) is 21.0 Å². The molecule has 0 aliphatic carbocycles. The zero-order valence-electron chi connectivity index (χ0n) is 7.60. The molecular formula is C8H14N4O. The molecule has 1 aromatic rings. The molecule has 1 heterocycles. The molecule has 4 N–H and O–H groups in total. The molecule has 1 rings (SSSR count). The van der Waals surface area contributed by atoms with Gasteiger partial charge in [-0.2, -0.15) is 0 Å². The lowest BCUT2D eigenvalue weighted by Crippen LogP contribution is -2.49. The first-order chi connectivity index (χ1) is 6.02. The largest absolute Gasteiger partial charge is 0.368 e. The summed E-state index contributed by atoms with van der Waals surface area (Å²) in [5, 5.41) is 0. The van der Waals surface area contributed by atoms with Gasteiger partial charge >= 0.3 is 0 Å². The number of carbonyl (C=O) groups excluding carboxylic acids is 1. The van der Waals surface area contributed by atoms with Crippen molar-refractivity contribution in [2.45, 2.75) is 25.4 Å².